The van der Waals surface area contributed by atoms with E-state index in [0.717, 1.165) is 5.69 Å². The molecule has 9 nitrogen and oxygen atoms in total. The van der Waals surface area contributed by atoms with Gasteiger partial charge in [-0.25, -0.2) is 4.79 Å². The second-order valence-corrected chi connectivity index (χ2v) is 8.17. The van der Waals surface area contributed by atoms with Gasteiger partial charge in [-0.2, -0.15) is 0 Å². The molecule has 2 N–H and O–H groups in total. The Bertz CT molecular complexity index is 773. The lowest BCUT2D eigenvalue weighted by atomic mass is 10.1. The van der Waals surface area contributed by atoms with Gasteiger partial charge in [-0.05, 0) is 45.0 Å². The number of morpholine rings is 1. The van der Waals surface area contributed by atoms with Crippen LogP contribution in [0.4, 0.5) is 16.2 Å². The first-order chi connectivity index (χ1) is 13.6. The quantitative estimate of drug-likeness (QED) is 0.786. The average molecular weight is 405 g/mol. The highest BCUT2D eigenvalue weighted by atomic mass is 16.6. The van der Waals surface area contributed by atoms with Crippen molar-refractivity contribution in [3.63, 3.8) is 0 Å². The minimum Gasteiger partial charge on any atom is -0.444 e. The van der Waals surface area contributed by atoms with Crippen molar-refractivity contribution in [2.45, 2.75) is 44.9 Å². The summed E-state index contributed by atoms with van der Waals surface area (Å²) in [7, 11) is 0. The Labute approximate surface area is 169 Å². The van der Waals surface area contributed by atoms with E-state index in [9.17, 15) is 19.5 Å². The zero-order chi connectivity index (χ0) is 21.2. The van der Waals surface area contributed by atoms with Gasteiger partial charge in [0.2, 0.25) is 5.91 Å². The van der Waals surface area contributed by atoms with E-state index in [-0.39, 0.29) is 25.5 Å². The zero-order valence-corrected chi connectivity index (χ0v) is 16.9. The Morgan fingerprint density at radius 3 is 2.55 bits per heavy atom. The molecule has 1 aromatic rings. The Morgan fingerprint density at radius 1 is 1.24 bits per heavy atom. The number of nitrogens with one attached hydrogen (secondary N) is 1. The first-order valence-corrected chi connectivity index (χ1v) is 9.61. The molecular weight excluding hydrogens is 378 g/mol. The molecule has 2 heterocycles. The van der Waals surface area contributed by atoms with Crippen molar-refractivity contribution in [2.75, 3.05) is 36.5 Å². The fourth-order valence-corrected chi connectivity index (χ4v) is 3.33. The molecule has 158 valence electrons. The van der Waals surface area contributed by atoms with Gasteiger partial charge in [-0.1, -0.05) is 0 Å². The number of likely N-dealkylation sites (tertiary alicyclic amines) is 1. The molecule has 0 aromatic heterocycles. The lowest BCUT2D eigenvalue weighted by molar-refractivity contribution is -0.125. The zero-order valence-electron chi connectivity index (χ0n) is 16.9. The number of β-amino-alcohol motifs (C(OH)–C–C–N with tert-alkyl or cyclic N) is 1. The van der Waals surface area contributed by atoms with Crippen LogP contribution in [0.3, 0.4) is 0 Å². The fourth-order valence-electron chi connectivity index (χ4n) is 3.33. The van der Waals surface area contributed by atoms with Crippen molar-refractivity contribution in [1.82, 2.24) is 4.90 Å². The van der Waals surface area contributed by atoms with Gasteiger partial charge in [-0.15, -0.1) is 0 Å². The monoisotopic (exact) mass is 405 g/mol. The van der Waals surface area contributed by atoms with Crippen molar-refractivity contribution in [1.29, 1.82) is 0 Å². The molecule has 3 amide bonds. The summed E-state index contributed by atoms with van der Waals surface area (Å²) in [5.74, 6) is -0.511. The number of carbonyl (C=O) groups excluding carboxylic acids is 3. The lowest BCUT2D eigenvalue weighted by Crippen LogP contribution is -2.45. The number of aliphatic hydroxyl groups is 1. The second kappa shape index (κ2) is 8.38. The summed E-state index contributed by atoms with van der Waals surface area (Å²) in [4.78, 5) is 39.9. The van der Waals surface area contributed by atoms with Gasteiger partial charge in [0.1, 0.15) is 18.2 Å². The number of hydrogen-bond donors (Lipinski definition) is 2. The molecule has 0 radical (unpaired) electrons. The van der Waals surface area contributed by atoms with Crippen LogP contribution in [0.2, 0.25) is 0 Å². The molecule has 0 bridgehead atoms. The van der Waals surface area contributed by atoms with E-state index >= 15 is 0 Å². The molecule has 1 aromatic carbocycles. The SMILES string of the molecule is CC(C)(C)OC(=O)N1CC(O)CC1C(=O)Nc1ccc(N2CCOCC2=O)cc1. The maximum atomic E-state index is 12.7. The summed E-state index contributed by atoms with van der Waals surface area (Å²) >= 11 is 0. The van der Waals surface area contributed by atoms with E-state index in [0.29, 0.717) is 18.8 Å². The van der Waals surface area contributed by atoms with Crippen molar-refractivity contribution >= 4 is 29.3 Å². The minimum absolute atomic E-state index is 0.0467. The maximum absolute atomic E-state index is 12.7. The fraction of sp³-hybridized carbons (Fsp3) is 0.550. The number of anilines is 2. The lowest BCUT2D eigenvalue weighted by Gasteiger charge is -2.28. The topological polar surface area (TPSA) is 108 Å². The molecule has 2 aliphatic rings. The summed E-state index contributed by atoms with van der Waals surface area (Å²) in [6, 6.07) is 6.06. The van der Waals surface area contributed by atoms with Crippen molar-refractivity contribution in [3.8, 4) is 0 Å². The van der Waals surface area contributed by atoms with Crippen molar-refractivity contribution in [3.05, 3.63) is 24.3 Å². The number of carbonyl (C=O) groups is 3. The standard InChI is InChI=1S/C20H27N3O6/c1-20(2,3)29-19(27)23-11-15(24)10-16(23)18(26)21-13-4-6-14(7-5-13)22-8-9-28-12-17(22)25/h4-7,15-16,24H,8-12H2,1-3H3,(H,21,26). The third kappa shape index (κ3) is 5.24. The molecule has 3 rings (SSSR count). The first-order valence-electron chi connectivity index (χ1n) is 9.61. The number of aliphatic hydroxyl groups excluding tert-OH is 1. The molecule has 0 aliphatic carbocycles. The van der Waals surface area contributed by atoms with Gasteiger partial charge in [0.25, 0.3) is 5.91 Å². The van der Waals surface area contributed by atoms with Crippen LogP contribution in [0.5, 0.6) is 0 Å². The molecular formula is C20H27N3O6. The molecule has 0 saturated carbocycles. The Morgan fingerprint density at radius 2 is 1.93 bits per heavy atom. The summed E-state index contributed by atoms with van der Waals surface area (Å²) in [5.41, 5.74) is 0.561. The van der Waals surface area contributed by atoms with Crippen LogP contribution in [-0.4, -0.2) is 72.0 Å². The van der Waals surface area contributed by atoms with Crippen LogP contribution in [0.15, 0.2) is 24.3 Å². The van der Waals surface area contributed by atoms with Gasteiger partial charge >= 0.3 is 6.09 Å². The van der Waals surface area contributed by atoms with E-state index in [1.54, 1.807) is 49.9 Å². The Kier molecular flexibility index (Phi) is 6.09. The normalized spacial score (nSPS) is 22.6. The molecule has 2 aliphatic heterocycles. The Balaban J connectivity index is 1.65. The summed E-state index contributed by atoms with van der Waals surface area (Å²) in [6.45, 7) is 6.30. The number of amides is 3. The molecule has 0 spiro atoms. The minimum atomic E-state index is -0.819. The molecule has 9 heteroatoms. The third-order valence-electron chi connectivity index (χ3n) is 4.64. The summed E-state index contributed by atoms with van der Waals surface area (Å²) < 4.78 is 10.5. The third-order valence-corrected chi connectivity index (χ3v) is 4.64. The molecule has 2 unspecified atom stereocenters. The summed E-state index contributed by atoms with van der Waals surface area (Å²) in [5, 5.41) is 12.7. The summed E-state index contributed by atoms with van der Waals surface area (Å²) in [6.07, 6.45) is -1.27. The largest absolute Gasteiger partial charge is 0.444 e. The van der Waals surface area contributed by atoms with E-state index < -0.39 is 29.7 Å². The van der Waals surface area contributed by atoms with Crippen molar-refractivity contribution < 1.29 is 29.0 Å². The molecule has 2 atom stereocenters. The van der Waals surface area contributed by atoms with Crippen molar-refractivity contribution in [2.24, 2.45) is 0 Å². The van der Waals surface area contributed by atoms with Crippen LogP contribution >= 0.6 is 0 Å². The predicted molar refractivity (Wildman–Crippen MR) is 106 cm³/mol. The van der Waals surface area contributed by atoms with Gasteiger partial charge < -0.3 is 24.8 Å². The molecule has 29 heavy (non-hydrogen) atoms. The van der Waals surface area contributed by atoms with Crippen LogP contribution in [-0.2, 0) is 19.1 Å². The number of ether oxygens (including phenoxy) is 2. The van der Waals surface area contributed by atoms with Gasteiger partial charge in [0, 0.05) is 24.3 Å². The average Bonchev–Trinajstić information content (AvgIpc) is 3.04. The smallest absolute Gasteiger partial charge is 0.411 e. The first kappa shape index (κ1) is 21.1. The number of hydrogen-bond acceptors (Lipinski definition) is 6. The van der Waals surface area contributed by atoms with Crippen LogP contribution in [0.25, 0.3) is 0 Å². The van der Waals surface area contributed by atoms with Crippen LogP contribution in [0, 0.1) is 0 Å². The van der Waals surface area contributed by atoms with E-state index in [1.165, 1.54) is 4.90 Å². The number of rotatable bonds is 3. The van der Waals surface area contributed by atoms with Crippen LogP contribution in [0.1, 0.15) is 27.2 Å². The van der Waals surface area contributed by atoms with E-state index in [4.69, 9.17) is 9.47 Å². The highest BCUT2D eigenvalue weighted by Gasteiger charge is 2.40. The highest BCUT2D eigenvalue weighted by molar-refractivity contribution is 5.98. The van der Waals surface area contributed by atoms with Gasteiger partial charge in [-0.3, -0.25) is 14.5 Å². The van der Waals surface area contributed by atoms with Crippen LogP contribution < -0.4 is 10.2 Å². The maximum Gasteiger partial charge on any atom is 0.411 e. The highest BCUT2D eigenvalue weighted by Crippen LogP contribution is 2.24. The second-order valence-electron chi connectivity index (χ2n) is 8.17. The van der Waals surface area contributed by atoms with E-state index in [2.05, 4.69) is 5.32 Å². The van der Waals surface area contributed by atoms with Gasteiger partial charge in [0.05, 0.1) is 19.3 Å². The predicted octanol–water partition coefficient (Wildman–Crippen LogP) is 1.36. The van der Waals surface area contributed by atoms with E-state index in [1.807, 2.05) is 0 Å². The molecule has 2 fully saturated rings. The number of nitrogens with zero attached hydrogens (tertiary/aromatic N) is 2. The van der Waals surface area contributed by atoms with Gasteiger partial charge in [0.15, 0.2) is 0 Å². The Hall–Kier alpha value is -2.65. The molecule has 2 saturated heterocycles. The number of benzene rings is 1.